The van der Waals surface area contributed by atoms with E-state index in [4.69, 9.17) is 4.74 Å². The summed E-state index contributed by atoms with van der Waals surface area (Å²) in [7, 11) is 1.55. The molecule has 31 heavy (non-hydrogen) atoms. The molecule has 5 heteroatoms. The first-order chi connectivity index (χ1) is 14.8. The Bertz CT molecular complexity index is 1150. The van der Waals surface area contributed by atoms with Crippen molar-refractivity contribution in [2.24, 2.45) is 0 Å². The van der Waals surface area contributed by atoms with Gasteiger partial charge in [0.2, 0.25) is 0 Å². The van der Waals surface area contributed by atoms with Gasteiger partial charge in [0.1, 0.15) is 5.75 Å². The Labute approximate surface area is 181 Å². The second-order valence-electron chi connectivity index (χ2n) is 8.03. The van der Waals surface area contributed by atoms with E-state index in [-0.39, 0.29) is 12.2 Å². The van der Waals surface area contributed by atoms with E-state index in [1.54, 1.807) is 48.4 Å². The van der Waals surface area contributed by atoms with Crippen LogP contribution in [0.25, 0.3) is 0 Å². The fraction of sp³-hybridized carbons (Fsp3) is 0.231. The number of hydrogen-bond donors (Lipinski definition) is 1. The van der Waals surface area contributed by atoms with E-state index in [0.717, 1.165) is 16.7 Å². The number of aliphatic hydroxyl groups is 1. The maximum Gasteiger partial charge on any atom is 0.264 e. The lowest BCUT2D eigenvalue weighted by atomic mass is 9.88. The van der Waals surface area contributed by atoms with Gasteiger partial charge < -0.3 is 14.7 Å². The zero-order valence-corrected chi connectivity index (χ0v) is 17.9. The first-order valence-corrected chi connectivity index (χ1v) is 10.2. The zero-order valence-electron chi connectivity index (χ0n) is 17.9. The molecule has 1 heterocycles. The van der Waals surface area contributed by atoms with Crippen molar-refractivity contribution in [1.29, 1.82) is 0 Å². The highest BCUT2D eigenvalue weighted by atomic mass is 16.5. The minimum absolute atomic E-state index is 0.304. The number of nitrogens with zero attached hydrogens (tertiary/aromatic N) is 1. The summed E-state index contributed by atoms with van der Waals surface area (Å²) in [6.45, 7) is 4.37. The molecule has 0 bridgehead atoms. The van der Waals surface area contributed by atoms with E-state index in [0.29, 0.717) is 29.1 Å². The highest BCUT2D eigenvalue weighted by molar-refractivity contribution is 6.10. The molecule has 0 radical (unpaired) electrons. The van der Waals surface area contributed by atoms with Gasteiger partial charge in [0.15, 0.2) is 11.4 Å². The third kappa shape index (κ3) is 3.73. The smallest absolute Gasteiger partial charge is 0.264 e. The number of ether oxygens (including phenoxy) is 1. The van der Waals surface area contributed by atoms with Crippen molar-refractivity contribution in [2.75, 3.05) is 12.0 Å². The number of Topliss-reactive ketones (excluding diaryl/α,β-unsaturated/α-hetero) is 1. The molecule has 3 aromatic carbocycles. The zero-order chi connectivity index (χ0) is 22.2. The molecular formula is C26H25NO4. The molecule has 1 atom stereocenters. The first kappa shape index (κ1) is 20.8. The van der Waals surface area contributed by atoms with Crippen LogP contribution in [-0.2, 0) is 16.9 Å². The van der Waals surface area contributed by atoms with Gasteiger partial charge in [-0.1, -0.05) is 42.0 Å². The van der Waals surface area contributed by atoms with E-state index in [2.05, 4.69) is 6.07 Å². The minimum Gasteiger partial charge on any atom is -0.497 e. The van der Waals surface area contributed by atoms with Crippen molar-refractivity contribution in [3.8, 4) is 5.75 Å². The highest BCUT2D eigenvalue weighted by Crippen LogP contribution is 2.43. The minimum atomic E-state index is -1.90. The number of benzene rings is 3. The molecule has 1 aliphatic rings. The van der Waals surface area contributed by atoms with E-state index in [9.17, 15) is 14.7 Å². The normalized spacial score (nSPS) is 17.5. The number of hydrogen-bond acceptors (Lipinski definition) is 4. The molecule has 0 unspecified atom stereocenters. The lowest BCUT2D eigenvalue weighted by Crippen LogP contribution is -2.41. The van der Waals surface area contributed by atoms with Crippen molar-refractivity contribution in [3.05, 3.63) is 94.5 Å². The number of ketones is 1. The summed E-state index contributed by atoms with van der Waals surface area (Å²) in [5.41, 5.74) is 2.86. The van der Waals surface area contributed by atoms with Crippen molar-refractivity contribution >= 4 is 17.4 Å². The monoisotopic (exact) mass is 415 g/mol. The van der Waals surface area contributed by atoms with Crippen LogP contribution in [0, 0.1) is 13.8 Å². The predicted molar refractivity (Wildman–Crippen MR) is 119 cm³/mol. The molecule has 1 amide bonds. The summed E-state index contributed by atoms with van der Waals surface area (Å²) < 4.78 is 5.13. The van der Waals surface area contributed by atoms with Crippen molar-refractivity contribution in [2.45, 2.75) is 32.4 Å². The number of amides is 1. The van der Waals surface area contributed by atoms with Gasteiger partial charge in [-0.25, -0.2) is 0 Å². The Morgan fingerprint density at radius 1 is 1.03 bits per heavy atom. The maximum absolute atomic E-state index is 13.4. The van der Waals surface area contributed by atoms with Crippen molar-refractivity contribution in [3.63, 3.8) is 0 Å². The van der Waals surface area contributed by atoms with E-state index >= 15 is 0 Å². The van der Waals surface area contributed by atoms with E-state index in [1.807, 2.05) is 38.1 Å². The number of para-hydroxylation sites is 1. The van der Waals surface area contributed by atoms with Crippen LogP contribution in [0.3, 0.4) is 0 Å². The quantitative estimate of drug-likeness (QED) is 0.609. The topological polar surface area (TPSA) is 66.8 Å². The molecule has 0 saturated heterocycles. The second-order valence-corrected chi connectivity index (χ2v) is 8.03. The number of carbonyl (C=O) groups excluding carboxylic acids is 2. The summed E-state index contributed by atoms with van der Waals surface area (Å²) in [6, 6.07) is 19.9. The number of aryl methyl sites for hydroxylation is 2. The van der Waals surface area contributed by atoms with E-state index < -0.39 is 11.5 Å². The number of anilines is 1. The molecular weight excluding hydrogens is 390 g/mol. The fourth-order valence-corrected chi connectivity index (χ4v) is 4.14. The third-order valence-corrected chi connectivity index (χ3v) is 5.89. The third-order valence-electron chi connectivity index (χ3n) is 5.89. The van der Waals surface area contributed by atoms with Crippen LogP contribution in [0.1, 0.15) is 39.0 Å². The van der Waals surface area contributed by atoms with Crippen LogP contribution in [0.15, 0.2) is 66.7 Å². The van der Waals surface area contributed by atoms with Gasteiger partial charge in [-0.15, -0.1) is 0 Å². The number of carbonyl (C=O) groups is 2. The van der Waals surface area contributed by atoms with Gasteiger partial charge in [-0.3, -0.25) is 9.59 Å². The van der Waals surface area contributed by atoms with Crippen LogP contribution >= 0.6 is 0 Å². The van der Waals surface area contributed by atoms with Crippen LogP contribution in [0.2, 0.25) is 0 Å². The molecule has 1 N–H and O–H groups in total. The molecule has 0 aliphatic carbocycles. The Hall–Kier alpha value is -3.44. The molecule has 5 nitrogen and oxygen atoms in total. The van der Waals surface area contributed by atoms with Crippen LogP contribution < -0.4 is 9.64 Å². The Balaban J connectivity index is 1.66. The Kier molecular flexibility index (Phi) is 5.38. The first-order valence-electron chi connectivity index (χ1n) is 10.2. The fourth-order valence-electron chi connectivity index (χ4n) is 4.14. The van der Waals surface area contributed by atoms with Gasteiger partial charge in [-0.2, -0.15) is 0 Å². The van der Waals surface area contributed by atoms with Gasteiger partial charge in [0, 0.05) is 11.1 Å². The van der Waals surface area contributed by atoms with Crippen LogP contribution in [0.4, 0.5) is 5.69 Å². The summed E-state index contributed by atoms with van der Waals surface area (Å²) in [5, 5.41) is 11.5. The second kappa shape index (κ2) is 8.00. The standard InChI is InChI=1S/C26H25NO4/c1-17-8-9-20(18(2)14-17)16-27-23-7-5-4-6-22(23)26(30,25(27)29)15-24(28)19-10-12-21(31-3)13-11-19/h4-14,30H,15-16H2,1-3H3/t26-/m0/s1. The van der Waals surface area contributed by atoms with Gasteiger partial charge in [0.05, 0.1) is 25.8 Å². The number of fused-ring (bicyclic) bond motifs is 1. The van der Waals surface area contributed by atoms with Crippen LogP contribution in [0.5, 0.6) is 5.75 Å². The van der Waals surface area contributed by atoms with Gasteiger partial charge in [0.25, 0.3) is 5.91 Å². The summed E-state index contributed by atoms with van der Waals surface area (Å²) >= 11 is 0. The number of rotatable bonds is 6. The maximum atomic E-state index is 13.4. The molecule has 158 valence electrons. The van der Waals surface area contributed by atoms with Crippen LogP contribution in [-0.4, -0.2) is 23.9 Å². The highest BCUT2D eigenvalue weighted by Gasteiger charge is 2.50. The largest absolute Gasteiger partial charge is 0.497 e. The number of methoxy groups -OCH3 is 1. The molecule has 1 aliphatic heterocycles. The SMILES string of the molecule is COc1ccc(C(=O)C[C@@]2(O)C(=O)N(Cc3ccc(C)cc3C)c3ccccc32)cc1. The predicted octanol–water partition coefficient (Wildman–Crippen LogP) is 4.32. The summed E-state index contributed by atoms with van der Waals surface area (Å²) in [6.07, 6.45) is -0.321. The van der Waals surface area contributed by atoms with E-state index in [1.165, 1.54) is 0 Å². The van der Waals surface area contributed by atoms with Crippen molar-refractivity contribution < 1.29 is 19.4 Å². The lowest BCUT2D eigenvalue weighted by Gasteiger charge is -2.23. The summed E-state index contributed by atoms with van der Waals surface area (Å²) in [5.74, 6) is -0.144. The molecule has 3 aromatic rings. The summed E-state index contributed by atoms with van der Waals surface area (Å²) in [4.78, 5) is 28.0. The average molecular weight is 415 g/mol. The Morgan fingerprint density at radius 2 is 1.74 bits per heavy atom. The molecule has 4 rings (SSSR count). The molecule has 0 spiro atoms. The molecule has 0 saturated carbocycles. The lowest BCUT2D eigenvalue weighted by molar-refractivity contribution is -0.136. The molecule has 0 fully saturated rings. The van der Waals surface area contributed by atoms with Crippen molar-refractivity contribution in [1.82, 2.24) is 0 Å². The average Bonchev–Trinajstić information content (AvgIpc) is 2.97. The Morgan fingerprint density at radius 3 is 2.42 bits per heavy atom. The van der Waals surface area contributed by atoms with Gasteiger partial charge >= 0.3 is 0 Å². The van der Waals surface area contributed by atoms with Gasteiger partial charge in [-0.05, 0) is 55.3 Å². The molecule has 0 aromatic heterocycles.